The van der Waals surface area contributed by atoms with Gasteiger partial charge >= 0.3 is 30.1 Å². The zero-order valence-corrected chi connectivity index (χ0v) is 28.8. The maximum absolute atomic E-state index is 14.6. The number of ether oxygens (including phenoxy) is 6. The van der Waals surface area contributed by atoms with Crippen molar-refractivity contribution in [3.63, 3.8) is 0 Å². The fourth-order valence-electron chi connectivity index (χ4n) is 5.36. The van der Waals surface area contributed by atoms with Crippen LogP contribution in [0.1, 0.15) is 37.8 Å². The van der Waals surface area contributed by atoms with E-state index in [4.69, 9.17) is 28.4 Å². The fraction of sp³-hybridized carbons (Fsp3) is 0.200. The lowest BCUT2D eigenvalue weighted by molar-refractivity contribution is -0.142. The van der Waals surface area contributed by atoms with Gasteiger partial charge in [0.2, 0.25) is 0 Å². The van der Waals surface area contributed by atoms with E-state index in [1.54, 1.807) is 0 Å². The zero-order chi connectivity index (χ0) is 39.7. The molecule has 0 aromatic heterocycles. The highest BCUT2D eigenvalue weighted by Gasteiger charge is 2.48. The molecule has 12 nitrogen and oxygen atoms in total. The van der Waals surface area contributed by atoms with Gasteiger partial charge in [-0.05, 0) is 95.1 Å². The maximum Gasteiger partial charge on any atom is 0.399 e. The summed E-state index contributed by atoms with van der Waals surface area (Å²) in [6.45, 7) is 5.45. The molecule has 15 heteroatoms. The normalized spacial score (nSPS) is 13.9. The lowest BCUT2D eigenvalue weighted by atomic mass is 9.96. The molecule has 0 saturated carbocycles. The first-order valence-electron chi connectivity index (χ1n) is 16.4. The summed E-state index contributed by atoms with van der Waals surface area (Å²) >= 11 is 0. The van der Waals surface area contributed by atoms with Gasteiger partial charge in [-0.2, -0.15) is 13.2 Å². The van der Waals surface area contributed by atoms with E-state index in [0.717, 1.165) is 24.3 Å². The fourth-order valence-corrected chi connectivity index (χ4v) is 5.36. The minimum Gasteiger partial charge on any atom is -0.491 e. The first-order chi connectivity index (χ1) is 26.2. The van der Waals surface area contributed by atoms with Crippen LogP contribution in [0, 0.1) is 0 Å². The molecule has 5 rings (SSSR count). The second kappa shape index (κ2) is 17.6. The predicted molar refractivity (Wildman–Crippen MR) is 188 cm³/mol. The van der Waals surface area contributed by atoms with E-state index in [1.807, 2.05) is 0 Å². The summed E-state index contributed by atoms with van der Waals surface area (Å²) < 4.78 is 75.0. The second-order valence-corrected chi connectivity index (χ2v) is 11.9. The van der Waals surface area contributed by atoms with Crippen molar-refractivity contribution in [2.24, 2.45) is 0 Å². The van der Waals surface area contributed by atoms with Crippen LogP contribution in [0.25, 0.3) is 11.1 Å². The maximum atomic E-state index is 14.6. The topological polar surface area (TPSA) is 164 Å². The molecule has 0 bridgehead atoms. The first kappa shape index (κ1) is 39.8. The highest BCUT2D eigenvalue weighted by atomic mass is 19.4. The van der Waals surface area contributed by atoms with E-state index in [9.17, 15) is 42.6 Å². The Balaban J connectivity index is 1.21. The van der Waals surface area contributed by atoms with E-state index in [1.165, 1.54) is 72.8 Å². The number of fused-ring (bicyclic) bond motifs is 3. The number of carbonyl (C=O) groups excluding carboxylic acids is 4. The molecule has 0 heterocycles. The summed E-state index contributed by atoms with van der Waals surface area (Å²) in [5.74, 6) is -4.92. The van der Waals surface area contributed by atoms with Crippen molar-refractivity contribution in [1.82, 2.24) is 0 Å². The Morgan fingerprint density at radius 2 is 0.964 bits per heavy atom. The van der Waals surface area contributed by atoms with Crippen LogP contribution in [0.5, 0.6) is 23.0 Å². The van der Waals surface area contributed by atoms with Crippen molar-refractivity contribution < 1.29 is 71.0 Å². The lowest BCUT2D eigenvalue weighted by Gasteiger charge is -2.18. The lowest BCUT2D eigenvalue weighted by Crippen LogP contribution is -2.24. The van der Waals surface area contributed by atoms with E-state index in [2.05, 4.69) is 13.2 Å². The molecule has 1 aliphatic carbocycles. The van der Waals surface area contributed by atoms with Gasteiger partial charge in [0.05, 0.1) is 11.1 Å². The summed E-state index contributed by atoms with van der Waals surface area (Å²) in [6.07, 6.45) is -5.10. The van der Waals surface area contributed by atoms with E-state index >= 15 is 0 Å². The van der Waals surface area contributed by atoms with Crippen molar-refractivity contribution in [3.8, 4) is 34.1 Å². The van der Waals surface area contributed by atoms with Crippen molar-refractivity contribution in [2.45, 2.75) is 24.3 Å². The van der Waals surface area contributed by atoms with Gasteiger partial charge in [0, 0.05) is 12.2 Å². The van der Waals surface area contributed by atoms with Crippen LogP contribution in [0.4, 0.5) is 13.2 Å². The van der Waals surface area contributed by atoms with Crippen LogP contribution in [-0.4, -0.2) is 78.9 Å². The van der Waals surface area contributed by atoms with Gasteiger partial charge in [-0.15, -0.1) is 0 Å². The molecule has 4 aromatic rings. The number of rotatable bonds is 16. The van der Waals surface area contributed by atoms with Crippen LogP contribution < -0.4 is 18.9 Å². The average Bonchev–Trinajstić information content (AvgIpc) is 3.51. The molecule has 0 saturated heterocycles. The summed E-state index contributed by atoms with van der Waals surface area (Å²) in [5.41, 5.74) is 0.351. The molecule has 0 spiro atoms. The zero-order valence-electron chi connectivity index (χ0n) is 28.8. The molecule has 2 unspecified atom stereocenters. The Morgan fingerprint density at radius 3 is 1.31 bits per heavy atom. The van der Waals surface area contributed by atoms with Gasteiger partial charge in [-0.3, -0.25) is 0 Å². The van der Waals surface area contributed by atoms with Crippen LogP contribution >= 0.6 is 0 Å². The molecule has 1 aliphatic rings. The third kappa shape index (κ3) is 10.4. The van der Waals surface area contributed by atoms with Gasteiger partial charge in [0.25, 0.3) is 0 Å². The number of hydrogen-bond acceptors (Lipinski definition) is 12. The molecule has 2 atom stereocenters. The molecule has 286 valence electrons. The van der Waals surface area contributed by atoms with Crippen LogP contribution in [0.15, 0.2) is 110 Å². The van der Waals surface area contributed by atoms with E-state index < -0.39 is 48.2 Å². The van der Waals surface area contributed by atoms with Gasteiger partial charge in [0.1, 0.15) is 67.6 Å². The number of aliphatic hydroxyl groups is 2. The summed E-state index contributed by atoms with van der Waals surface area (Å²) in [5, 5.41) is 19.8. The monoisotopic (exact) mass is 762 g/mol. The predicted octanol–water partition coefficient (Wildman–Crippen LogP) is 5.74. The molecular formula is C40H33F3O12. The minimum absolute atomic E-state index is 0.0696. The highest BCUT2D eigenvalue weighted by molar-refractivity contribution is 5.92. The van der Waals surface area contributed by atoms with Gasteiger partial charge in [0.15, 0.2) is 0 Å². The van der Waals surface area contributed by atoms with Crippen molar-refractivity contribution in [3.05, 3.63) is 132 Å². The molecule has 0 amide bonds. The Kier molecular flexibility index (Phi) is 12.7. The molecule has 0 aliphatic heterocycles. The number of benzene rings is 4. The first-order valence-corrected chi connectivity index (χ1v) is 16.4. The molecule has 4 aromatic carbocycles. The Bertz CT molecular complexity index is 1920. The third-order valence-corrected chi connectivity index (χ3v) is 7.94. The van der Waals surface area contributed by atoms with Crippen LogP contribution in [-0.2, 0) is 19.1 Å². The Hall–Kier alpha value is -6.45. The van der Waals surface area contributed by atoms with Crippen molar-refractivity contribution in [1.29, 1.82) is 0 Å². The minimum atomic E-state index is -4.77. The highest BCUT2D eigenvalue weighted by Crippen LogP contribution is 2.53. The second-order valence-electron chi connectivity index (χ2n) is 11.9. The summed E-state index contributed by atoms with van der Waals surface area (Å²) in [4.78, 5) is 48.0. The number of hydrogen-bond donors (Lipinski definition) is 2. The number of aliphatic hydroxyl groups excluding tert-OH is 2. The quantitative estimate of drug-likeness (QED) is 0.0810. The molecule has 0 radical (unpaired) electrons. The molecule has 2 N–H and O–H groups in total. The Labute approximate surface area is 311 Å². The smallest absolute Gasteiger partial charge is 0.399 e. The van der Waals surface area contributed by atoms with Crippen LogP contribution in [0.2, 0.25) is 0 Å². The van der Waals surface area contributed by atoms with E-state index in [0.29, 0.717) is 0 Å². The van der Waals surface area contributed by atoms with Crippen LogP contribution in [0.3, 0.4) is 0 Å². The Morgan fingerprint density at radius 1 is 0.600 bits per heavy atom. The average molecular weight is 763 g/mol. The van der Waals surface area contributed by atoms with Crippen molar-refractivity contribution in [2.75, 3.05) is 26.4 Å². The molecule has 0 fully saturated rings. The molecule has 55 heavy (non-hydrogen) atoms. The largest absolute Gasteiger partial charge is 0.491 e. The standard InChI is InChI=1S/C40H33F3O12/c1-3-35(46)52-21-25(44)19-50-27-9-5-23(6-10-27)38(48)54-29-13-15-31-32-16-14-30(18-34(32)37(33(31)17-29)40(41,42)43)55-39(49)24-7-11-28(12-8-24)51-20-26(45)22-53-36(47)4-2/h3-18,25-26,37,44-45H,1-2,19-22H2. The van der Waals surface area contributed by atoms with Gasteiger partial charge in [-0.1, -0.05) is 25.3 Å². The third-order valence-electron chi connectivity index (χ3n) is 7.94. The van der Waals surface area contributed by atoms with Crippen molar-refractivity contribution >= 4 is 23.9 Å². The summed E-state index contributed by atoms with van der Waals surface area (Å²) in [6, 6.07) is 19.0. The SMILES string of the molecule is C=CC(=O)OCC(O)COc1ccc(C(=O)Oc2ccc3c(c2)C(C(F)(F)F)c2cc(OC(=O)c4ccc(OCC(O)COC(=O)C=C)cc4)ccc2-3)cc1. The number of esters is 4. The number of alkyl halides is 3. The van der Waals surface area contributed by atoms with Gasteiger partial charge < -0.3 is 38.6 Å². The van der Waals surface area contributed by atoms with Gasteiger partial charge in [-0.25, -0.2) is 19.2 Å². The number of halogens is 3. The van der Waals surface area contributed by atoms with E-state index in [-0.39, 0.29) is 82.8 Å². The number of carbonyl (C=O) groups is 4. The summed E-state index contributed by atoms with van der Waals surface area (Å²) in [7, 11) is 0. The molecular weight excluding hydrogens is 729 g/mol.